The summed E-state index contributed by atoms with van der Waals surface area (Å²) >= 11 is 0. The molecule has 0 aromatic heterocycles. The number of nitrogens with zero attached hydrogens (tertiary/aromatic N) is 2. The van der Waals surface area contributed by atoms with Gasteiger partial charge in [0.1, 0.15) is 0 Å². The van der Waals surface area contributed by atoms with Crippen LogP contribution in [-0.2, 0) is 4.79 Å². The van der Waals surface area contributed by atoms with Gasteiger partial charge in [-0.05, 0) is 37.1 Å². The molecule has 0 spiro atoms. The van der Waals surface area contributed by atoms with Crippen LogP contribution in [0.15, 0.2) is 48.5 Å². The maximum Gasteiger partial charge on any atom is 0.310 e. The summed E-state index contributed by atoms with van der Waals surface area (Å²) in [5.41, 5.74) is 0.788. The zero-order valence-corrected chi connectivity index (χ0v) is 16.0. The smallest absolute Gasteiger partial charge is 0.310 e. The van der Waals surface area contributed by atoms with Crippen LogP contribution >= 0.6 is 0 Å². The number of rotatable bonds is 6. The van der Waals surface area contributed by atoms with Crippen molar-refractivity contribution in [3.8, 4) is 5.75 Å². The summed E-state index contributed by atoms with van der Waals surface area (Å²) in [6, 6.07) is 12.6. The highest BCUT2D eigenvalue weighted by Crippen LogP contribution is 2.25. The molecule has 8 nitrogen and oxygen atoms in total. The number of nitrogens with one attached hydrogen (secondary N) is 1. The van der Waals surface area contributed by atoms with Crippen LogP contribution in [0.25, 0.3) is 0 Å². The van der Waals surface area contributed by atoms with Crippen LogP contribution in [0, 0.1) is 10.1 Å². The number of carbonyl (C=O) groups excluding carboxylic acids is 2. The lowest BCUT2D eigenvalue weighted by atomic mass is 10.1. The molecule has 0 radical (unpaired) electrons. The molecule has 1 fully saturated rings. The van der Waals surface area contributed by atoms with Gasteiger partial charge in [0, 0.05) is 30.4 Å². The largest absolute Gasteiger partial charge is 0.477 e. The molecule has 1 N–H and O–H groups in total. The lowest BCUT2D eigenvalue weighted by Crippen LogP contribution is -2.31. The van der Waals surface area contributed by atoms with Crippen LogP contribution in [0.1, 0.15) is 36.0 Å². The van der Waals surface area contributed by atoms with Gasteiger partial charge in [-0.1, -0.05) is 31.0 Å². The Labute approximate surface area is 168 Å². The Morgan fingerprint density at radius 3 is 2.48 bits per heavy atom. The Bertz CT molecular complexity index is 891. The van der Waals surface area contributed by atoms with E-state index in [-0.39, 0.29) is 24.0 Å². The second kappa shape index (κ2) is 9.68. The minimum atomic E-state index is -0.564. The molecule has 1 aliphatic heterocycles. The van der Waals surface area contributed by atoms with Gasteiger partial charge in [0.25, 0.3) is 11.8 Å². The molecule has 29 heavy (non-hydrogen) atoms. The Morgan fingerprint density at radius 1 is 1.03 bits per heavy atom. The molecule has 1 saturated heterocycles. The van der Waals surface area contributed by atoms with Crippen molar-refractivity contribution >= 4 is 23.2 Å². The molecule has 2 amide bonds. The molecule has 0 aliphatic carbocycles. The number of likely N-dealkylation sites (tertiary alicyclic amines) is 1. The Kier molecular flexibility index (Phi) is 6.78. The van der Waals surface area contributed by atoms with Crippen molar-refractivity contribution in [3.63, 3.8) is 0 Å². The predicted octanol–water partition coefficient (Wildman–Crippen LogP) is 3.63. The molecular weight excluding hydrogens is 374 g/mol. The third kappa shape index (κ3) is 5.54. The first-order valence-corrected chi connectivity index (χ1v) is 9.60. The summed E-state index contributed by atoms with van der Waals surface area (Å²) in [5.74, 6) is -0.487. The molecule has 2 aromatic rings. The maximum absolute atomic E-state index is 12.7. The van der Waals surface area contributed by atoms with Gasteiger partial charge in [0.05, 0.1) is 4.92 Å². The van der Waals surface area contributed by atoms with Gasteiger partial charge >= 0.3 is 5.69 Å². The minimum absolute atomic E-state index is 0.0257. The lowest BCUT2D eigenvalue weighted by Gasteiger charge is -2.20. The highest BCUT2D eigenvalue weighted by atomic mass is 16.6. The number of benzene rings is 2. The molecule has 0 bridgehead atoms. The van der Waals surface area contributed by atoms with Crippen molar-refractivity contribution in [3.05, 3.63) is 64.2 Å². The summed E-state index contributed by atoms with van der Waals surface area (Å²) in [4.78, 5) is 37.2. The van der Waals surface area contributed by atoms with Gasteiger partial charge in [0.2, 0.25) is 0 Å². The summed E-state index contributed by atoms with van der Waals surface area (Å²) < 4.78 is 5.29. The number of nitro groups is 1. The SMILES string of the molecule is O=C(COc1ccccc1[N+](=O)[O-])Nc1cccc(C(=O)N2CCCCCC2)c1. The molecule has 0 atom stereocenters. The average molecular weight is 397 g/mol. The Morgan fingerprint density at radius 2 is 1.76 bits per heavy atom. The first-order chi connectivity index (χ1) is 14.0. The van der Waals surface area contributed by atoms with Crippen molar-refractivity contribution in [1.29, 1.82) is 0 Å². The van der Waals surface area contributed by atoms with Crippen LogP contribution in [-0.4, -0.2) is 41.3 Å². The van der Waals surface area contributed by atoms with Gasteiger partial charge < -0.3 is 15.0 Å². The summed E-state index contributed by atoms with van der Waals surface area (Å²) in [7, 11) is 0. The van der Waals surface area contributed by atoms with E-state index < -0.39 is 10.8 Å². The fourth-order valence-electron chi connectivity index (χ4n) is 3.26. The highest BCUT2D eigenvalue weighted by Gasteiger charge is 2.18. The monoisotopic (exact) mass is 397 g/mol. The van der Waals surface area contributed by atoms with Gasteiger partial charge in [-0.3, -0.25) is 19.7 Å². The number of nitro benzene ring substituents is 1. The second-order valence-corrected chi connectivity index (χ2v) is 6.85. The molecule has 1 heterocycles. The van der Waals surface area contributed by atoms with E-state index in [0.29, 0.717) is 11.3 Å². The first-order valence-electron chi connectivity index (χ1n) is 9.60. The van der Waals surface area contributed by atoms with Crippen LogP contribution in [0.3, 0.4) is 0 Å². The van der Waals surface area contributed by atoms with E-state index in [9.17, 15) is 19.7 Å². The number of carbonyl (C=O) groups is 2. The lowest BCUT2D eigenvalue weighted by molar-refractivity contribution is -0.385. The number of amides is 2. The number of ether oxygens (including phenoxy) is 1. The average Bonchev–Trinajstić information content (AvgIpc) is 3.01. The molecule has 1 aliphatic rings. The molecule has 0 saturated carbocycles. The van der Waals surface area contributed by atoms with E-state index >= 15 is 0 Å². The fraction of sp³-hybridized carbons (Fsp3) is 0.333. The first kappa shape index (κ1) is 20.3. The zero-order chi connectivity index (χ0) is 20.6. The number of hydrogen-bond acceptors (Lipinski definition) is 5. The molecule has 3 rings (SSSR count). The van der Waals surface area contributed by atoms with Crippen molar-refractivity contribution in [2.24, 2.45) is 0 Å². The molecule has 8 heteroatoms. The zero-order valence-electron chi connectivity index (χ0n) is 16.0. The number of hydrogen-bond donors (Lipinski definition) is 1. The van der Waals surface area contributed by atoms with E-state index in [1.807, 2.05) is 4.90 Å². The molecule has 2 aromatic carbocycles. The fourth-order valence-corrected chi connectivity index (χ4v) is 3.26. The molecule has 0 unspecified atom stereocenters. The van der Waals surface area contributed by atoms with Crippen molar-refractivity contribution in [1.82, 2.24) is 4.90 Å². The molecular formula is C21H23N3O5. The third-order valence-corrected chi connectivity index (χ3v) is 4.71. The van der Waals surface area contributed by atoms with Crippen molar-refractivity contribution in [2.75, 3.05) is 25.0 Å². The van der Waals surface area contributed by atoms with E-state index in [1.54, 1.807) is 30.3 Å². The minimum Gasteiger partial charge on any atom is -0.477 e. The van der Waals surface area contributed by atoms with Crippen LogP contribution in [0.2, 0.25) is 0 Å². The standard InChI is InChI=1S/C21H23N3O5/c25-20(15-29-19-11-4-3-10-18(19)24(27)28)22-17-9-7-8-16(14-17)21(26)23-12-5-1-2-6-13-23/h3-4,7-11,14H,1-2,5-6,12-13,15H2,(H,22,25). The van der Waals surface area contributed by atoms with Crippen molar-refractivity contribution in [2.45, 2.75) is 25.7 Å². The summed E-state index contributed by atoms with van der Waals surface area (Å²) in [6.45, 7) is 1.12. The van der Waals surface area contributed by atoms with Crippen LogP contribution in [0.4, 0.5) is 11.4 Å². The van der Waals surface area contributed by atoms with Gasteiger partial charge in [-0.25, -0.2) is 0 Å². The maximum atomic E-state index is 12.7. The topological polar surface area (TPSA) is 102 Å². The quantitative estimate of drug-likeness (QED) is 0.592. The number of para-hydroxylation sites is 2. The van der Waals surface area contributed by atoms with Crippen LogP contribution < -0.4 is 10.1 Å². The summed E-state index contributed by atoms with van der Waals surface area (Å²) in [5, 5.41) is 13.7. The predicted molar refractivity (Wildman–Crippen MR) is 108 cm³/mol. The Balaban J connectivity index is 1.60. The normalized spacial score (nSPS) is 14.0. The highest BCUT2D eigenvalue weighted by molar-refractivity contribution is 5.97. The second-order valence-electron chi connectivity index (χ2n) is 6.85. The van der Waals surface area contributed by atoms with Crippen molar-refractivity contribution < 1.29 is 19.2 Å². The van der Waals surface area contributed by atoms with Crippen LogP contribution in [0.5, 0.6) is 5.75 Å². The van der Waals surface area contributed by atoms with Gasteiger partial charge in [-0.2, -0.15) is 0 Å². The Hall–Kier alpha value is -3.42. The van der Waals surface area contributed by atoms with E-state index in [2.05, 4.69) is 5.32 Å². The molecule has 152 valence electrons. The van der Waals surface area contributed by atoms with E-state index in [1.165, 1.54) is 18.2 Å². The summed E-state index contributed by atoms with van der Waals surface area (Å²) in [6.07, 6.45) is 4.29. The third-order valence-electron chi connectivity index (χ3n) is 4.71. The van der Waals surface area contributed by atoms with Gasteiger partial charge in [-0.15, -0.1) is 0 Å². The number of anilines is 1. The van der Waals surface area contributed by atoms with E-state index in [0.717, 1.165) is 38.8 Å². The van der Waals surface area contributed by atoms with E-state index in [4.69, 9.17) is 4.74 Å². The van der Waals surface area contributed by atoms with Gasteiger partial charge in [0.15, 0.2) is 12.4 Å².